The van der Waals surface area contributed by atoms with Crippen LogP contribution in [-0.4, -0.2) is 185 Å². The predicted molar refractivity (Wildman–Crippen MR) is 309 cm³/mol. The second-order valence-corrected chi connectivity index (χ2v) is 27.5. The summed E-state index contributed by atoms with van der Waals surface area (Å²) in [7, 11) is -23.2. The Balaban J connectivity index is 1.46. The van der Waals surface area contributed by atoms with E-state index in [4.69, 9.17) is 28.4 Å². The largest absolute Gasteiger partial charge is 0.748 e. The van der Waals surface area contributed by atoms with Crippen LogP contribution in [0.2, 0.25) is 0 Å². The van der Waals surface area contributed by atoms with Crippen LogP contribution in [0.25, 0.3) is 21.5 Å². The molecule has 0 saturated heterocycles. The Bertz CT molecular complexity index is 3880. The topological polar surface area (TPSA) is 385 Å². The molecule has 0 amide bonds. The van der Waals surface area contributed by atoms with Crippen LogP contribution >= 0.6 is 0 Å². The number of methoxy groups -OCH3 is 2. The van der Waals surface area contributed by atoms with Crippen molar-refractivity contribution in [3.63, 3.8) is 0 Å². The van der Waals surface area contributed by atoms with Crippen LogP contribution in [0, 0.1) is 0 Å². The molecule has 2 aliphatic rings. The molecule has 30 heteroatoms. The van der Waals surface area contributed by atoms with Crippen LogP contribution in [-0.2, 0) is 94.6 Å². The Morgan fingerprint density at radius 1 is 0.558 bits per heavy atom. The fourth-order valence-electron chi connectivity index (χ4n) is 10.9. The summed E-state index contributed by atoms with van der Waals surface area (Å²) in [5.41, 5.74) is -0.0872. The molecule has 2 heterocycles. The monoisotopic (exact) mass is 1300 g/mol. The summed E-state index contributed by atoms with van der Waals surface area (Å²) in [4.78, 5) is 9.49. The van der Waals surface area contributed by atoms with Crippen molar-refractivity contribution in [2.75, 3.05) is 104 Å². The van der Waals surface area contributed by atoms with Crippen molar-refractivity contribution in [3.05, 3.63) is 108 Å². The highest BCUT2D eigenvalue weighted by Crippen LogP contribution is 2.54. The fraction of sp³-hybridized carbons (Fsp3) is 0.464. The Labute approximate surface area is 501 Å². The summed E-state index contributed by atoms with van der Waals surface area (Å²) in [5, 5.41) is 8.90. The minimum atomic E-state index is -5.41. The number of nitrogens with zero attached hydrogens (tertiary/aromatic N) is 2. The van der Waals surface area contributed by atoms with E-state index in [1.807, 2.05) is 11.8 Å². The third-order valence-electron chi connectivity index (χ3n) is 14.7. The second-order valence-electron chi connectivity index (χ2n) is 20.6. The molecule has 4 aromatic rings. The van der Waals surface area contributed by atoms with Gasteiger partial charge in [0.25, 0.3) is 0 Å². The first kappa shape index (κ1) is 69.7. The van der Waals surface area contributed by atoms with Gasteiger partial charge in [-0.3, -0.25) is 4.79 Å². The lowest BCUT2D eigenvalue weighted by Gasteiger charge is -2.31. The van der Waals surface area contributed by atoms with Gasteiger partial charge in [0.2, 0.25) is 5.69 Å². The lowest BCUT2D eigenvalue weighted by atomic mass is 9.74. The van der Waals surface area contributed by atoms with Crippen LogP contribution in [0.15, 0.2) is 116 Å². The summed E-state index contributed by atoms with van der Waals surface area (Å²) in [6.07, 6.45) is 12.6. The van der Waals surface area contributed by atoms with Crippen molar-refractivity contribution in [1.82, 2.24) is 0 Å². The molecule has 0 fully saturated rings. The number of rotatable bonds is 36. The number of fused-ring (bicyclic) bond motifs is 6. The molecule has 2 unspecified atom stereocenters. The van der Waals surface area contributed by atoms with E-state index < -0.39 is 92.7 Å². The third kappa shape index (κ3) is 17.7. The molecule has 0 aromatic heterocycles. The number of allylic oxidation sites excluding steroid dienone is 8. The van der Waals surface area contributed by atoms with Gasteiger partial charge in [0.05, 0.1) is 88.0 Å². The molecule has 2 atom stereocenters. The molecular weight excluding hydrogens is 1230 g/mol. The molecule has 0 radical (unpaired) electrons. The number of carbonyl (C=O) groups is 1. The smallest absolute Gasteiger partial charge is 0.303 e. The van der Waals surface area contributed by atoms with Crippen LogP contribution in [0.5, 0.6) is 0 Å². The quantitative estimate of drug-likeness (QED) is 0.0270. The van der Waals surface area contributed by atoms with Gasteiger partial charge >= 0.3 is 5.97 Å². The summed E-state index contributed by atoms with van der Waals surface area (Å²) >= 11 is 0. The molecule has 86 heavy (non-hydrogen) atoms. The Morgan fingerprint density at radius 2 is 1.07 bits per heavy atom. The normalized spacial score (nSPS) is 18.3. The van der Waals surface area contributed by atoms with E-state index in [-0.39, 0.29) is 112 Å². The van der Waals surface area contributed by atoms with E-state index in [9.17, 15) is 74.8 Å². The van der Waals surface area contributed by atoms with Crippen LogP contribution < -0.4 is 4.90 Å². The van der Waals surface area contributed by atoms with Crippen LogP contribution in [0.4, 0.5) is 11.4 Å². The molecular formula is C56H68N2O23S5-4. The van der Waals surface area contributed by atoms with Crippen molar-refractivity contribution >= 4 is 95.2 Å². The first-order valence-corrected chi connectivity index (χ1v) is 34.2. The van der Waals surface area contributed by atoms with Crippen molar-refractivity contribution < 1.29 is 108 Å². The minimum Gasteiger partial charge on any atom is -0.748 e. The van der Waals surface area contributed by atoms with Gasteiger partial charge in [0.1, 0.15) is 47.1 Å². The second kappa shape index (κ2) is 29.7. The Morgan fingerprint density at radius 3 is 1.60 bits per heavy atom. The van der Waals surface area contributed by atoms with Crippen LogP contribution in [0.3, 0.4) is 0 Å². The van der Waals surface area contributed by atoms with Gasteiger partial charge < -0.3 is 61.2 Å². The SMILES string of the molecule is COCCOCCOCCOCCC1(C)\C(=C/C=C/C=C/C=C/C2=[N+](CCOCCOC)c3ccc4c(S(=O)(=O)[O-])cc(S(=O)(=O)[O-])cc4c3C2(C)CCCS(=O)(=O)[O-])N(CCCCCC(=O)O)c2ccc3c(S(=O)(=O)[O-])cc(S(=O)(=O)[O-])cc3c21. The van der Waals surface area contributed by atoms with E-state index in [0.29, 0.717) is 79.6 Å². The number of hydrogen-bond acceptors (Lipinski definition) is 23. The highest BCUT2D eigenvalue weighted by molar-refractivity contribution is 7.87. The number of benzene rings is 4. The molecule has 474 valence electrons. The van der Waals surface area contributed by atoms with E-state index in [1.54, 1.807) is 67.2 Å². The van der Waals surface area contributed by atoms with Gasteiger partial charge in [0.15, 0.2) is 12.3 Å². The summed E-state index contributed by atoms with van der Waals surface area (Å²) in [6, 6.07) is 8.78. The zero-order chi connectivity index (χ0) is 63.3. The van der Waals surface area contributed by atoms with Crippen molar-refractivity contribution in [2.24, 2.45) is 0 Å². The van der Waals surface area contributed by atoms with E-state index in [1.165, 1.54) is 25.3 Å². The standard InChI is InChI=1S/C56H72N2O23S5/c1-55(21-13-35-82(61,62)63)50(58(24-26-79-29-27-76-3)47-20-18-42-44(53(47)55)36-40(83(64,65)66)38-48(42)85(70,71)72)14-9-6-5-7-10-15-51-56(2,22-25-78-31-32-81-34-33-80-30-28-77-4)54-45-37-41(84(67,68)69)39-49(86(73,74)75)43(45)17-19-46(54)57(51)23-12-8-11-16-52(59)60/h5-7,9-10,14-15,17-20,36-39H,8,11-13,16,21-35H2,1-4H3,(H5-,59,60,61,62,63,64,65,66,67,68,69,70,71,72,73,74,75)/p-4. The minimum absolute atomic E-state index is 0.00463. The van der Waals surface area contributed by atoms with Crippen LogP contribution in [0.1, 0.15) is 69.9 Å². The first-order valence-electron chi connectivity index (χ1n) is 27.0. The zero-order valence-corrected chi connectivity index (χ0v) is 51.7. The molecule has 0 saturated carbocycles. The first-order chi connectivity index (χ1) is 40.4. The summed E-state index contributed by atoms with van der Waals surface area (Å²) < 4.78 is 222. The Kier molecular flexibility index (Phi) is 24.1. The highest BCUT2D eigenvalue weighted by Gasteiger charge is 2.49. The maximum atomic E-state index is 12.8. The molecule has 4 aromatic carbocycles. The highest BCUT2D eigenvalue weighted by atomic mass is 32.2. The molecule has 0 aliphatic carbocycles. The maximum absolute atomic E-state index is 12.8. The molecule has 1 N–H and O–H groups in total. The van der Waals surface area contributed by atoms with Gasteiger partial charge in [-0.1, -0.05) is 42.9 Å². The van der Waals surface area contributed by atoms with Gasteiger partial charge in [-0.25, -0.2) is 42.1 Å². The summed E-state index contributed by atoms with van der Waals surface area (Å²) in [5.74, 6) is -1.80. The molecule has 25 nitrogen and oxygen atoms in total. The van der Waals surface area contributed by atoms with Crippen molar-refractivity contribution in [2.45, 2.75) is 89.2 Å². The third-order valence-corrected chi connectivity index (χ3v) is 18.9. The van der Waals surface area contributed by atoms with Gasteiger partial charge in [-0.2, -0.15) is 4.58 Å². The number of carboxylic acid groups (broad SMARTS) is 1. The lowest BCUT2D eigenvalue weighted by Crippen LogP contribution is -2.33. The van der Waals surface area contributed by atoms with E-state index in [0.717, 1.165) is 12.1 Å². The number of aliphatic carboxylic acids is 1. The van der Waals surface area contributed by atoms with Gasteiger partial charge in [0, 0.05) is 79.4 Å². The zero-order valence-electron chi connectivity index (χ0n) is 47.7. The molecule has 2 aliphatic heterocycles. The van der Waals surface area contributed by atoms with E-state index in [2.05, 4.69) is 0 Å². The maximum Gasteiger partial charge on any atom is 0.303 e. The number of unbranched alkanes of at least 4 members (excludes halogenated alkanes) is 2. The fourth-order valence-corrected chi connectivity index (χ4v) is 14.0. The molecule has 6 rings (SSSR count). The number of hydrogen-bond donors (Lipinski definition) is 1. The molecule has 0 bridgehead atoms. The lowest BCUT2D eigenvalue weighted by molar-refractivity contribution is -0.442. The summed E-state index contributed by atoms with van der Waals surface area (Å²) in [6.45, 7) is 6.10. The number of carboxylic acids is 1. The molecule has 0 spiro atoms. The predicted octanol–water partition coefficient (Wildman–Crippen LogP) is 5.02. The van der Waals surface area contributed by atoms with E-state index >= 15 is 0 Å². The Hall–Kier alpha value is -5.39. The average molecular weight is 1300 g/mol. The number of anilines is 1. The average Bonchev–Trinajstić information content (AvgIpc) is 1.55. The van der Waals surface area contributed by atoms with Crippen molar-refractivity contribution in [3.8, 4) is 0 Å². The van der Waals surface area contributed by atoms with Gasteiger partial charge in [-0.15, -0.1) is 0 Å². The number of ether oxygens (including phenoxy) is 6. The van der Waals surface area contributed by atoms with Crippen molar-refractivity contribution in [1.29, 1.82) is 0 Å². The van der Waals surface area contributed by atoms with Gasteiger partial charge in [-0.05, 0) is 110 Å².